The van der Waals surface area contributed by atoms with E-state index >= 15 is 0 Å². The van der Waals surface area contributed by atoms with E-state index in [1.165, 1.54) is 11.3 Å². The maximum Gasteiger partial charge on any atom is 0.266 e. The molecule has 1 atom stereocenters. The second-order valence-corrected chi connectivity index (χ2v) is 9.93. The van der Waals surface area contributed by atoms with Crippen molar-refractivity contribution in [1.82, 2.24) is 9.88 Å². The molecule has 1 amide bonds. The maximum atomic E-state index is 13.1. The zero-order valence-corrected chi connectivity index (χ0v) is 18.7. The van der Waals surface area contributed by atoms with Crippen LogP contribution >= 0.6 is 11.3 Å². The number of carbonyl (C=O) groups is 1. The van der Waals surface area contributed by atoms with Crippen molar-refractivity contribution >= 4 is 27.1 Å². The van der Waals surface area contributed by atoms with Crippen LogP contribution < -0.4 is 4.74 Å². The lowest BCUT2D eigenvalue weighted by Gasteiger charge is -2.27. The first-order valence-corrected chi connectivity index (χ1v) is 12.1. The highest BCUT2D eigenvalue weighted by molar-refractivity contribution is 7.91. The number of hydrogen-bond donors (Lipinski definition) is 0. The van der Waals surface area contributed by atoms with Gasteiger partial charge in [0.1, 0.15) is 15.6 Å². The largest absolute Gasteiger partial charge is 0.494 e. The number of rotatable bonds is 9. The van der Waals surface area contributed by atoms with E-state index in [1.54, 1.807) is 18.7 Å². The average molecular weight is 425 g/mol. The second-order valence-electron chi connectivity index (χ2n) is 6.53. The van der Waals surface area contributed by atoms with Gasteiger partial charge in [-0.15, -0.1) is 11.3 Å². The topological polar surface area (TPSA) is 76.6 Å². The summed E-state index contributed by atoms with van der Waals surface area (Å²) >= 11 is 1.33. The van der Waals surface area contributed by atoms with E-state index in [9.17, 15) is 13.2 Å². The molecule has 0 N–H and O–H groups in total. The summed E-state index contributed by atoms with van der Waals surface area (Å²) in [7, 11) is -3.16. The van der Waals surface area contributed by atoms with Gasteiger partial charge in [0.25, 0.3) is 5.91 Å². The van der Waals surface area contributed by atoms with E-state index in [4.69, 9.17) is 4.74 Å². The molecule has 0 aliphatic carbocycles. The molecule has 2 aromatic rings. The Balaban J connectivity index is 2.25. The number of amides is 1. The van der Waals surface area contributed by atoms with Crippen LogP contribution in [0.5, 0.6) is 5.75 Å². The number of ether oxygens (including phenoxy) is 1. The van der Waals surface area contributed by atoms with E-state index in [2.05, 4.69) is 4.98 Å². The van der Waals surface area contributed by atoms with Crippen molar-refractivity contribution in [1.29, 1.82) is 0 Å². The third-order valence-electron chi connectivity index (χ3n) is 4.47. The van der Waals surface area contributed by atoms with E-state index in [0.29, 0.717) is 23.7 Å². The molecule has 0 saturated carbocycles. The van der Waals surface area contributed by atoms with Gasteiger partial charge in [-0.3, -0.25) is 4.79 Å². The van der Waals surface area contributed by atoms with Crippen molar-refractivity contribution in [3.63, 3.8) is 0 Å². The Morgan fingerprint density at radius 2 is 1.86 bits per heavy atom. The van der Waals surface area contributed by atoms with Crippen LogP contribution in [0.25, 0.3) is 10.6 Å². The first-order valence-electron chi connectivity index (χ1n) is 9.44. The normalized spacial score (nSPS) is 12.6. The second kappa shape index (κ2) is 9.52. The summed E-state index contributed by atoms with van der Waals surface area (Å²) in [5, 5.41) is 0.758. The summed E-state index contributed by atoms with van der Waals surface area (Å²) in [6, 6.07) is 7.22. The van der Waals surface area contributed by atoms with Gasteiger partial charge in [-0.2, -0.15) is 0 Å². The van der Waals surface area contributed by atoms with Crippen LogP contribution in [0.3, 0.4) is 0 Å². The molecular formula is C20H28N2O4S2. The van der Waals surface area contributed by atoms with Gasteiger partial charge < -0.3 is 9.64 Å². The van der Waals surface area contributed by atoms with E-state index in [-0.39, 0.29) is 17.4 Å². The molecule has 28 heavy (non-hydrogen) atoms. The Labute approximate surface area is 171 Å². The smallest absolute Gasteiger partial charge is 0.266 e. The van der Waals surface area contributed by atoms with Crippen molar-refractivity contribution in [3.8, 4) is 16.3 Å². The Morgan fingerprint density at radius 3 is 2.39 bits per heavy atom. The van der Waals surface area contributed by atoms with Gasteiger partial charge in [0.05, 0.1) is 18.1 Å². The Hall–Kier alpha value is -1.93. The summed E-state index contributed by atoms with van der Waals surface area (Å²) in [5.74, 6) is 0.657. The van der Waals surface area contributed by atoms with Crippen LogP contribution in [-0.4, -0.2) is 54.9 Å². The lowest BCUT2D eigenvalue weighted by Crippen LogP contribution is -2.42. The highest BCUT2D eigenvalue weighted by Crippen LogP contribution is 2.30. The molecule has 6 nitrogen and oxygen atoms in total. The third kappa shape index (κ3) is 5.32. The number of aryl methyl sites for hydroxylation is 1. The highest BCUT2D eigenvalue weighted by Gasteiger charge is 2.27. The number of carbonyl (C=O) groups excluding carboxylic acids is 1. The minimum atomic E-state index is -3.16. The summed E-state index contributed by atoms with van der Waals surface area (Å²) in [6.07, 6.45) is 0. The molecule has 1 unspecified atom stereocenters. The quantitative estimate of drug-likeness (QED) is 0.612. The lowest BCUT2D eigenvalue weighted by atomic mass is 10.2. The molecule has 0 aliphatic heterocycles. The van der Waals surface area contributed by atoms with E-state index in [1.807, 2.05) is 45.0 Å². The van der Waals surface area contributed by atoms with Crippen molar-refractivity contribution < 1.29 is 17.9 Å². The molecular weight excluding hydrogens is 396 g/mol. The fraction of sp³-hybridized carbons (Fsp3) is 0.500. The van der Waals surface area contributed by atoms with Crippen molar-refractivity contribution in [3.05, 3.63) is 34.8 Å². The van der Waals surface area contributed by atoms with Crippen LogP contribution in [-0.2, 0) is 9.84 Å². The summed E-state index contributed by atoms with van der Waals surface area (Å²) in [4.78, 5) is 19.8. The Morgan fingerprint density at radius 1 is 1.21 bits per heavy atom. The molecule has 1 aromatic heterocycles. The van der Waals surface area contributed by atoms with Gasteiger partial charge in [0, 0.05) is 23.9 Å². The van der Waals surface area contributed by atoms with Crippen molar-refractivity contribution in [2.24, 2.45) is 0 Å². The molecule has 0 radical (unpaired) electrons. The Kier molecular flexibility index (Phi) is 7.60. The predicted molar refractivity (Wildman–Crippen MR) is 114 cm³/mol. The summed E-state index contributed by atoms with van der Waals surface area (Å²) in [6.45, 7) is 10.0. The number of aromatic nitrogens is 1. The first kappa shape index (κ1) is 22.4. The van der Waals surface area contributed by atoms with Gasteiger partial charge in [0.2, 0.25) is 0 Å². The SMILES string of the molecule is CCOc1ccc(-c2nc(C)c(C(=O)N(CC)C(C)CS(=O)(=O)CC)s2)cc1. The zero-order chi connectivity index (χ0) is 20.9. The monoisotopic (exact) mass is 424 g/mol. The minimum Gasteiger partial charge on any atom is -0.494 e. The van der Waals surface area contributed by atoms with Gasteiger partial charge in [-0.1, -0.05) is 6.92 Å². The zero-order valence-electron chi connectivity index (χ0n) is 17.1. The number of benzene rings is 1. The van der Waals surface area contributed by atoms with Crippen LogP contribution in [0.1, 0.15) is 43.1 Å². The molecule has 0 spiro atoms. The third-order valence-corrected chi connectivity index (χ3v) is 7.54. The Bertz CT molecular complexity index is 905. The van der Waals surface area contributed by atoms with Crippen molar-refractivity contribution in [2.45, 2.75) is 40.7 Å². The van der Waals surface area contributed by atoms with Gasteiger partial charge >= 0.3 is 0 Å². The molecule has 0 saturated heterocycles. The molecule has 1 aromatic carbocycles. The number of thiazole rings is 1. The van der Waals surface area contributed by atoms with Crippen LogP contribution in [0.2, 0.25) is 0 Å². The average Bonchev–Trinajstić information content (AvgIpc) is 3.04. The first-order chi connectivity index (χ1) is 13.2. The number of hydrogen-bond acceptors (Lipinski definition) is 6. The maximum absolute atomic E-state index is 13.1. The molecule has 0 aliphatic rings. The fourth-order valence-corrected chi connectivity index (χ4v) is 5.12. The van der Waals surface area contributed by atoms with Crippen LogP contribution in [0.15, 0.2) is 24.3 Å². The standard InChI is InChI=1S/C20H28N2O4S2/c1-6-22(14(4)13-28(24,25)8-3)20(23)18-15(5)21-19(27-18)16-9-11-17(12-10-16)26-7-2/h9-12,14H,6-8,13H2,1-5H3. The molecule has 1 heterocycles. The van der Waals surface area contributed by atoms with Gasteiger partial charge in [-0.05, 0) is 52.0 Å². The fourth-order valence-electron chi connectivity index (χ4n) is 2.94. The number of nitrogens with zero attached hydrogens (tertiary/aromatic N) is 2. The van der Waals surface area contributed by atoms with Crippen molar-refractivity contribution in [2.75, 3.05) is 24.7 Å². The van der Waals surface area contributed by atoms with Gasteiger partial charge in [-0.25, -0.2) is 13.4 Å². The van der Waals surface area contributed by atoms with Crippen LogP contribution in [0, 0.1) is 6.92 Å². The molecule has 8 heteroatoms. The van der Waals surface area contributed by atoms with Crippen LogP contribution in [0.4, 0.5) is 0 Å². The van der Waals surface area contributed by atoms with Gasteiger partial charge in [0.15, 0.2) is 9.84 Å². The number of sulfone groups is 1. The van der Waals surface area contributed by atoms with E-state index in [0.717, 1.165) is 16.3 Å². The molecule has 2 rings (SSSR count). The van der Waals surface area contributed by atoms with E-state index < -0.39 is 15.9 Å². The highest BCUT2D eigenvalue weighted by atomic mass is 32.2. The molecule has 0 fully saturated rings. The minimum absolute atomic E-state index is 0.0350. The molecule has 0 bridgehead atoms. The summed E-state index contributed by atoms with van der Waals surface area (Å²) < 4.78 is 29.4. The summed E-state index contributed by atoms with van der Waals surface area (Å²) in [5.41, 5.74) is 1.57. The molecule has 154 valence electrons. The predicted octanol–water partition coefficient (Wildman–Crippen LogP) is 3.80. The lowest BCUT2D eigenvalue weighted by molar-refractivity contribution is 0.0723.